The molecule has 2 amide bonds. The first-order chi connectivity index (χ1) is 15.6. The zero-order chi connectivity index (χ0) is 22.1. The minimum Gasteiger partial charge on any atom is -0.461 e. The molecular weight excluding hydrogens is 426 g/mol. The second kappa shape index (κ2) is 8.35. The molecule has 0 saturated carbocycles. The Morgan fingerprint density at radius 3 is 2.62 bits per heavy atom. The van der Waals surface area contributed by atoms with Crippen molar-refractivity contribution in [3.8, 4) is 17.3 Å². The number of hydrogen-bond donors (Lipinski definition) is 1. The number of carbonyl (C=O) groups excluding carboxylic acids is 2. The van der Waals surface area contributed by atoms with Crippen molar-refractivity contribution in [1.29, 1.82) is 0 Å². The third kappa shape index (κ3) is 3.67. The number of furan rings is 1. The number of nitrogens with one attached hydrogen (secondary N) is 1. The Balaban J connectivity index is 1.47. The minimum absolute atomic E-state index is 0.0240. The second-order valence-corrected chi connectivity index (χ2v) is 8.51. The highest BCUT2D eigenvalue weighted by Crippen LogP contribution is 2.34. The number of aromatic nitrogens is 3. The summed E-state index contributed by atoms with van der Waals surface area (Å²) in [5.41, 5.74) is 2.17. The highest BCUT2D eigenvalue weighted by Gasteiger charge is 2.31. The molecule has 1 aliphatic rings. The Morgan fingerprint density at radius 2 is 1.84 bits per heavy atom. The molecule has 2 aromatic heterocycles. The van der Waals surface area contributed by atoms with Gasteiger partial charge in [0.1, 0.15) is 6.54 Å². The van der Waals surface area contributed by atoms with Gasteiger partial charge in [-0.3, -0.25) is 19.1 Å². The maximum Gasteiger partial charge on any atom is 0.244 e. The van der Waals surface area contributed by atoms with Gasteiger partial charge in [0, 0.05) is 5.69 Å². The molecule has 0 spiro atoms. The summed E-state index contributed by atoms with van der Waals surface area (Å²) in [6, 6.07) is 20.5. The summed E-state index contributed by atoms with van der Waals surface area (Å²) in [4.78, 5) is 27.0. The van der Waals surface area contributed by atoms with Crippen LogP contribution in [0.5, 0.6) is 0 Å². The van der Waals surface area contributed by atoms with Crippen LogP contribution in [0.3, 0.4) is 0 Å². The Kier molecular flexibility index (Phi) is 5.24. The third-order valence-corrected chi connectivity index (χ3v) is 6.09. The number of anilines is 2. The first-order valence-corrected chi connectivity index (χ1v) is 10.9. The molecule has 0 fully saturated rings. The molecule has 3 heterocycles. The van der Waals surface area contributed by atoms with Gasteiger partial charge >= 0.3 is 0 Å². The maximum absolute atomic E-state index is 13.3. The lowest BCUT2D eigenvalue weighted by Gasteiger charge is -2.30. The van der Waals surface area contributed by atoms with Crippen LogP contribution in [0, 0.1) is 0 Å². The molecule has 0 saturated heterocycles. The minimum atomic E-state index is -0.509. The number of rotatable bonds is 5. The van der Waals surface area contributed by atoms with E-state index in [1.165, 1.54) is 16.7 Å². The predicted molar refractivity (Wildman–Crippen MR) is 122 cm³/mol. The predicted octanol–water partition coefficient (Wildman–Crippen LogP) is 3.99. The van der Waals surface area contributed by atoms with Crippen LogP contribution in [0.1, 0.15) is 6.92 Å². The largest absolute Gasteiger partial charge is 0.461 e. The van der Waals surface area contributed by atoms with Crippen molar-refractivity contribution in [3.63, 3.8) is 0 Å². The molecule has 32 heavy (non-hydrogen) atoms. The van der Waals surface area contributed by atoms with E-state index in [9.17, 15) is 9.59 Å². The molecule has 0 aliphatic carbocycles. The number of carbonyl (C=O) groups is 2. The fraction of sp³-hybridized carbons (Fsp3) is 0.130. The SMILES string of the molecule is CC(Sc1nnc(-c2ccco2)n1-c1ccccc1)C(=O)N1CC(=O)Nc2ccccc21. The van der Waals surface area contributed by atoms with Crippen LogP contribution in [0.4, 0.5) is 11.4 Å². The van der Waals surface area contributed by atoms with Crippen molar-refractivity contribution in [3.05, 3.63) is 73.0 Å². The third-order valence-electron chi connectivity index (χ3n) is 5.06. The van der Waals surface area contributed by atoms with Crippen molar-refractivity contribution >= 4 is 35.0 Å². The van der Waals surface area contributed by atoms with Crippen molar-refractivity contribution < 1.29 is 14.0 Å². The van der Waals surface area contributed by atoms with Crippen molar-refractivity contribution in [1.82, 2.24) is 14.8 Å². The number of fused-ring (bicyclic) bond motifs is 1. The first-order valence-electron chi connectivity index (χ1n) is 10.0. The first kappa shape index (κ1) is 20.1. The van der Waals surface area contributed by atoms with Gasteiger partial charge in [0.05, 0.1) is 22.9 Å². The van der Waals surface area contributed by atoms with Crippen LogP contribution in [-0.2, 0) is 9.59 Å². The molecule has 1 atom stereocenters. The number of benzene rings is 2. The normalized spacial score (nSPS) is 14.0. The summed E-state index contributed by atoms with van der Waals surface area (Å²) in [5, 5.41) is 11.5. The molecular formula is C23H19N5O3S. The second-order valence-electron chi connectivity index (χ2n) is 7.20. The van der Waals surface area contributed by atoms with Crippen molar-refractivity contribution in [2.75, 3.05) is 16.8 Å². The van der Waals surface area contributed by atoms with E-state index in [2.05, 4.69) is 15.5 Å². The van der Waals surface area contributed by atoms with Crippen LogP contribution in [-0.4, -0.2) is 38.4 Å². The molecule has 9 heteroatoms. The Labute approximate surface area is 188 Å². The van der Waals surface area contributed by atoms with Gasteiger partial charge in [0.2, 0.25) is 17.6 Å². The number of nitrogens with zero attached hydrogens (tertiary/aromatic N) is 4. The molecule has 160 valence electrons. The molecule has 8 nitrogen and oxygen atoms in total. The lowest BCUT2D eigenvalue weighted by molar-refractivity contribution is -0.121. The van der Waals surface area contributed by atoms with E-state index >= 15 is 0 Å². The standard InChI is InChI=1S/C23H19N5O3S/c1-15(22(30)27-14-20(29)24-17-10-5-6-11-18(17)27)32-23-26-25-21(19-12-7-13-31-19)28(23)16-8-3-2-4-9-16/h2-13,15H,14H2,1H3,(H,24,29). The molecule has 1 N–H and O–H groups in total. The molecule has 4 aromatic rings. The average Bonchev–Trinajstić information content (AvgIpc) is 3.48. The molecule has 1 aliphatic heterocycles. The molecule has 1 unspecified atom stereocenters. The number of para-hydroxylation sites is 3. The lowest BCUT2D eigenvalue weighted by Crippen LogP contribution is -2.45. The fourth-order valence-electron chi connectivity index (χ4n) is 3.58. The van der Waals surface area contributed by atoms with Crippen molar-refractivity contribution in [2.24, 2.45) is 0 Å². The summed E-state index contributed by atoms with van der Waals surface area (Å²) < 4.78 is 7.41. The summed E-state index contributed by atoms with van der Waals surface area (Å²) in [6.45, 7) is 1.78. The topological polar surface area (TPSA) is 93.3 Å². The zero-order valence-corrected chi connectivity index (χ0v) is 18.0. The molecule has 0 bridgehead atoms. The van der Waals surface area contributed by atoms with Crippen molar-refractivity contribution in [2.45, 2.75) is 17.3 Å². The summed E-state index contributed by atoms with van der Waals surface area (Å²) in [6.07, 6.45) is 1.58. The monoisotopic (exact) mass is 445 g/mol. The quantitative estimate of drug-likeness (QED) is 0.467. The summed E-state index contributed by atoms with van der Waals surface area (Å²) in [5.74, 6) is 0.723. The highest BCUT2D eigenvalue weighted by atomic mass is 32.2. The molecule has 0 radical (unpaired) electrons. The van der Waals surface area contributed by atoms with E-state index in [0.29, 0.717) is 28.1 Å². The van der Waals surface area contributed by atoms with Gasteiger partial charge in [-0.05, 0) is 43.3 Å². The van der Waals surface area contributed by atoms with E-state index in [4.69, 9.17) is 4.42 Å². The van der Waals surface area contributed by atoms with E-state index in [1.807, 2.05) is 59.2 Å². The lowest BCUT2D eigenvalue weighted by atomic mass is 10.2. The fourth-order valence-corrected chi connectivity index (χ4v) is 4.51. The van der Waals surface area contributed by atoms with Gasteiger partial charge in [-0.15, -0.1) is 10.2 Å². The smallest absolute Gasteiger partial charge is 0.244 e. The zero-order valence-electron chi connectivity index (χ0n) is 17.1. The van der Waals surface area contributed by atoms with Gasteiger partial charge in [0.15, 0.2) is 10.9 Å². The molecule has 2 aromatic carbocycles. The van der Waals surface area contributed by atoms with E-state index in [-0.39, 0.29) is 18.4 Å². The van der Waals surface area contributed by atoms with Gasteiger partial charge in [0.25, 0.3) is 0 Å². The summed E-state index contributed by atoms with van der Waals surface area (Å²) >= 11 is 1.29. The number of thioether (sulfide) groups is 1. The van der Waals surface area contributed by atoms with E-state index in [1.54, 1.807) is 25.3 Å². The van der Waals surface area contributed by atoms with Crippen LogP contribution >= 0.6 is 11.8 Å². The Morgan fingerprint density at radius 1 is 1.06 bits per heavy atom. The molecule has 5 rings (SSSR count). The number of amides is 2. The Bertz CT molecular complexity index is 1270. The summed E-state index contributed by atoms with van der Waals surface area (Å²) in [7, 11) is 0. The Hall–Kier alpha value is -3.85. The van der Waals surface area contributed by atoms with E-state index < -0.39 is 5.25 Å². The average molecular weight is 446 g/mol. The number of hydrogen-bond acceptors (Lipinski definition) is 6. The van der Waals surface area contributed by atoms with Crippen LogP contribution in [0.15, 0.2) is 82.6 Å². The van der Waals surface area contributed by atoms with Gasteiger partial charge in [-0.25, -0.2) is 0 Å². The van der Waals surface area contributed by atoms with Gasteiger partial charge in [-0.1, -0.05) is 42.1 Å². The van der Waals surface area contributed by atoms with Crippen LogP contribution in [0.25, 0.3) is 17.3 Å². The maximum atomic E-state index is 13.3. The van der Waals surface area contributed by atoms with Gasteiger partial charge in [-0.2, -0.15) is 0 Å². The van der Waals surface area contributed by atoms with Crippen LogP contribution < -0.4 is 10.2 Å². The highest BCUT2D eigenvalue weighted by molar-refractivity contribution is 8.00. The van der Waals surface area contributed by atoms with Gasteiger partial charge < -0.3 is 9.73 Å². The van der Waals surface area contributed by atoms with Crippen LogP contribution in [0.2, 0.25) is 0 Å². The van der Waals surface area contributed by atoms with E-state index in [0.717, 1.165) is 5.69 Å².